The van der Waals surface area contributed by atoms with Crippen LogP contribution >= 0.6 is 0 Å². The molecule has 0 spiro atoms. The Balaban J connectivity index is 1.87. The van der Waals surface area contributed by atoms with Gasteiger partial charge < -0.3 is 9.84 Å². The largest absolute Gasteiger partial charge is 0.507 e. The summed E-state index contributed by atoms with van der Waals surface area (Å²) < 4.78 is 5.70. The summed E-state index contributed by atoms with van der Waals surface area (Å²) >= 11 is 0. The molecule has 5 heteroatoms. The zero-order valence-electron chi connectivity index (χ0n) is 16.8. The van der Waals surface area contributed by atoms with Crippen molar-refractivity contribution in [2.45, 2.75) is 31.8 Å². The highest BCUT2D eigenvalue weighted by molar-refractivity contribution is 6.28. The van der Waals surface area contributed by atoms with Gasteiger partial charge in [0, 0.05) is 5.57 Å². The molecule has 30 heavy (non-hydrogen) atoms. The van der Waals surface area contributed by atoms with E-state index in [1.807, 2.05) is 13.8 Å². The SMILES string of the molecule is CC(C)c1ccc(C2(OC(=O)c3ccccc3)C(=O)C3=CC=CCC3C2=O)c(O)c1. The summed E-state index contributed by atoms with van der Waals surface area (Å²) in [5.41, 5.74) is -0.832. The molecule has 152 valence electrons. The van der Waals surface area contributed by atoms with Gasteiger partial charge in [0.05, 0.1) is 17.0 Å². The topological polar surface area (TPSA) is 80.7 Å². The van der Waals surface area contributed by atoms with Crippen LogP contribution in [0, 0.1) is 5.92 Å². The summed E-state index contributed by atoms with van der Waals surface area (Å²) in [4.78, 5) is 39.9. The van der Waals surface area contributed by atoms with Gasteiger partial charge in [-0.25, -0.2) is 4.79 Å². The van der Waals surface area contributed by atoms with Crippen molar-refractivity contribution in [1.29, 1.82) is 0 Å². The molecule has 0 aromatic heterocycles. The maximum absolute atomic E-state index is 13.5. The Morgan fingerprint density at radius 1 is 1.13 bits per heavy atom. The fourth-order valence-corrected chi connectivity index (χ4v) is 4.06. The number of Topliss-reactive ketones (excluding diaryl/α,β-unsaturated/α-hetero) is 2. The van der Waals surface area contributed by atoms with Gasteiger partial charge in [0.25, 0.3) is 5.60 Å². The third-order valence-electron chi connectivity index (χ3n) is 5.73. The van der Waals surface area contributed by atoms with Crippen LogP contribution in [0.1, 0.15) is 47.7 Å². The molecule has 0 bridgehead atoms. The molecule has 0 aliphatic heterocycles. The molecule has 0 saturated heterocycles. The van der Waals surface area contributed by atoms with E-state index in [1.165, 1.54) is 12.1 Å². The number of phenols is 1. The van der Waals surface area contributed by atoms with Gasteiger partial charge in [0.15, 0.2) is 5.78 Å². The van der Waals surface area contributed by atoms with Gasteiger partial charge >= 0.3 is 5.97 Å². The molecular weight excluding hydrogens is 380 g/mol. The number of carbonyl (C=O) groups is 3. The van der Waals surface area contributed by atoms with Crippen molar-refractivity contribution in [3.8, 4) is 5.75 Å². The first-order valence-electron chi connectivity index (χ1n) is 9.94. The van der Waals surface area contributed by atoms with Gasteiger partial charge in [0.2, 0.25) is 5.78 Å². The summed E-state index contributed by atoms with van der Waals surface area (Å²) in [6.45, 7) is 3.94. The van der Waals surface area contributed by atoms with Crippen LogP contribution in [0.4, 0.5) is 0 Å². The number of benzene rings is 2. The summed E-state index contributed by atoms with van der Waals surface area (Å²) in [5.74, 6) is -2.72. The van der Waals surface area contributed by atoms with E-state index >= 15 is 0 Å². The van der Waals surface area contributed by atoms with Crippen LogP contribution in [-0.4, -0.2) is 22.6 Å². The molecule has 0 amide bonds. The highest BCUT2D eigenvalue weighted by atomic mass is 16.6. The monoisotopic (exact) mass is 402 g/mol. The fourth-order valence-electron chi connectivity index (χ4n) is 4.06. The standard InChI is InChI=1S/C25H22O5/c1-15(2)17-12-13-20(21(26)14-17)25(30-24(29)16-8-4-3-5-9-16)22(27)18-10-6-7-11-19(18)23(25)28/h3-10,12-15,19,26H,11H2,1-2H3. The first kappa shape index (κ1) is 19.8. The number of carbonyl (C=O) groups excluding carboxylic acids is 3. The van der Waals surface area contributed by atoms with Gasteiger partial charge in [-0.2, -0.15) is 0 Å². The van der Waals surface area contributed by atoms with Crippen LogP contribution in [0.5, 0.6) is 5.75 Å². The van der Waals surface area contributed by atoms with E-state index in [1.54, 1.807) is 54.6 Å². The lowest BCUT2D eigenvalue weighted by Gasteiger charge is -2.28. The van der Waals surface area contributed by atoms with Crippen LogP contribution in [0.2, 0.25) is 0 Å². The van der Waals surface area contributed by atoms with Crippen molar-refractivity contribution < 1.29 is 24.2 Å². The van der Waals surface area contributed by atoms with Crippen LogP contribution in [-0.2, 0) is 19.9 Å². The molecule has 2 aliphatic carbocycles. The van der Waals surface area contributed by atoms with Gasteiger partial charge in [0.1, 0.15) is 5.75 Å². The summed E-state index contributed by atoms with van der Waals surface area (Å²) in [6, 6.07) is 13.0. The number of aromatic hydroxyl groups is 1. The van der Waals surface area contributed by atoms with E-state index < -0.39 is 29.1 Å². The van der Waals surface area contributed by atoms with E-state index in [-0.39, 0.29) is 22.8 Å². The lowest BCUT2D eigenvalue weighted by molar-refractivity contribution is -0.147. The second-order valence-electron chi connectivity index (χ2n) is 7.90. The maximum atomic E-state index is 13.5. The van der Waals surface area contributed by atoms with E-state index in [0.29, 0.717) is 12.0 Å². The molecule has 4 rings (SSSR count). The molecule has 0 heterocycles. The number of esters is 1. The Hall–Kier alpha value is -3.47. The molecular formula is C25H22O5. The van der Waals surface area contributed by atoms with Crippen LogP contribution in [0.3, 0.4) is 0 Å². The van der Waals surface area contributed by atoms with Gasteiger partial charge in [-0.05, 0) is 36.1 Å². The number of ketones is 2. The number of fused-ring (bicyclic) bond motifs is 1. The number of phenolic OH excluding ortho intramolecular Hbond substituents is 1. The molecule has 2 atom stereocenters. The number of ether oxygens (including phenoxy) is 1. The minimum absolute atomic E-state index is 0.00137. The summed E-state index contributed by atoms with van der Waals surface area (Å²) in [6.07, 6.45) is 5.46. The number of hydrogen-bond acceptors (Lipinski definition) is 5. The van der Waals surface area contributed by atoms with Crippen molar-refractivity contribution in [3.63, 3.8) is 0 Å². The third kappa shape index (κ3) is 2.98. The maximum Gasteiger partial charge on any atom is 0.339 e. The van der Waals surface area contributed by atoms with Crippen LogP contribution in [0.25, 0.3) is 0 Å². The second kappa shape index (κ2) is 7.41. The van der Waals surface area contributed by atoms with E-state index in [2.05, 4.69) is 0 Å². The van der Waals surface area contributed by atoms with Crippen molar-refractivity contribution in [1.82, 2.24) is 0 Å². The Bertz CT molecular complexity index is 1090. The summed E-state index contributed by atoms with van der Waals surface area (Å²) in [5, 5.41) is 10.8. The normalized spacial score (nSPS) is 22.8. The first-order valence-corrected chi connectivity index (χ1v) is 9.94. The minimum atomic E-state index is -2.20. The number of allylic oxidation sites excluding steroid dienone is 3. The molecule has 2 aliphatic rings. The highest BCUT2D eigenvalue weighted by Gasteiger charge is 2.62. The predicted molar refractivity (Wildman–Crippen MR) is 111 cm³/mol. The van der Waals surface area contributed by atoms with Crippen molar-refractivity contribution >= 4 is 17.5 Å². The highest BCUT2D eigenvalue weighted by Crippen LogP contribution is 2.48. The molecule has 0 radical (unpaired) electrons. The first-order chi connectivity index (χ1) is 14.4. The third-order valence-corrected chi connectivity index (χ3v) is 5.73. The van der Waals surface area contributed by atoms with Crippen LogP contribution in [0.15, 0.2) is 72.3 Å². The lowest BCUT2D eigenvalue weighted by atomic mass is 9.86. The van der Waals surface area contributed by atoms with Crippen LogP contribution < -0.4 is 0 Å². The second-order valence-corrected chi connectivity index (χ2v) is 7.90. The molecule has 1 N–H and O–H groups in total. The zero-order chi connectivity index (χ0) is 21.5. The molecule has 2 aromatic carbocycles. The van der Waals surface area contributed by atoms with Gasteiger partial charge in [-0.3, -0.25) is 9.59 Å². The molecule has 2 aromatic rings. The Morgan fingerprint density at radius 3 is 2.50 bits per heavy atom. The van der Waals surface area contributed by atoms with Gasteiger partial charge in [-0.1, -0.05) is 62.4 Å². The van der Waals surface area contributed by atoms with E-state index in [0.717, 1.165) is 5.56 Å². The van der Waals surface area contributed by atoms with Crippen molar-refractivity contribution in [2.75, 3.05) is 0 Å². The Labute approximate surface area is 174 Å². The predicted octanol–water partition coefficient (Wildman–Crippen LogP) is 4.22. The van der Waals surface area contributed by atoms with Crippen molar-refractivity contribution in [2.24, 2.45) is 5.92 Å². The number of rotatable bonds is 4. The van der Waals surface area contributed by atoms with E-state index in [4.69, 9.17) is 4.74 Å². The average molecular weight is 402 g/mol. The molecule has 2 unspecified atom stereocenters. The van der Waals surface area contributed by atoms with E-state index in [9.17, 15) is 19.5 Å². The Morgan fingerprint density at radius 2 is 1.87 bits per heavy atom. The molecule has 5 nitrogen and oxygen atoms in total. The Kier molecular flexibility index (Phi) is 4.90. The van der Waals surface area contributed by atoms with Gasteiger partial charge in [-0.15, -0.1) is 0 Å². The summed E-state index contributed by atoms with van der Waals surface area (Å²) in [7, 11) is 0. The lowest BCUT2D eigenvalue weighted by Crippen LogP contribution is -2.43. The smallest absolute Gasteiger partial charge is 0.339 e. The molecule has 1 saturated carbocycles. The average Bonchev–Trinajstić information content (AvgIpc) is 2.97. The zero-order valence-corrected chi connectivity index (χ0v) is 16.8. The number of hydrogen-bond donors (Lipinski definition) is 1. The van der Waals surface area contributed by atoms with Crippen molar-refractivity contribution in [3.05, 3.63) is 89.0 Å². The molecule has 1 fully saturated rings. The fraction of sp³-hybridized carbons (Fsp3) is 0.240. The quantitative estimate of drug-likeness (QED) is 0.612. The minimum Gasteiger partial charge on any atom is -0.507 e.